The molecule has 1 aliphatic rings. The van der Waals surface area contributed by atoms with Crippen LogP contribution in [0.1, 0.15) is 12.8 Å². The van der Waals surface area contributed by atoms with Gasteiger partial charge in [0.2, 0.25) is 5.28 Å². The zero-order valence-corrected chi connectivity index (χ0v) is 10.9. The van der Waals surface area contributed by atoms with Gasteiger partial charge in [0.15, 0.2) is 0 Å². The first-order valence-electron chi connectivity index (χ1n) is 6.19. The topological polar surface area (TPSA) is 49.2 Å². The molecule has 19 heavy (non-hydrogen) atoms. The number of aromatic nitrogens is 2. The third-order valence-electron chi connectivity index (χ3n) is 3.47. The summed E-state index contributed by atoms with van der Waals surface area (Å²) in [5.41, 5.74) is 0.485. The number of benzene rings is 1. The Hall–Kier alpha value is -1.46. The number of aliphatic hydroxyl groups excluding tert-OH is 1. The van der Waals surface area contributed by atoms with E-state index in [-0.39, 0.29) is 23.7 Å². The van der Waals surface area contributed by atoms with Crippen molar-refractivity contribution in [2.75, 3.05) is 18.1 Å². The minimum atomic E-state index is -0.353. The van der Waals surface area contributed by atoms with Crippen molar-refractivity contribution in [3.63, 3.8) is 0 Å². The summed E-state index contributed by atoms with van der Waals surface area (Å²) in [4.78, 5) is 10.3. The summed E-state index contributed by atoms with van der Waals surface area (Å²) in [6.45, 7) is 0.884. The number of anilines is 1. The van der Waals surface area contributed by atoms with Gasteiger partial charge in [0.1, 0.15) is 11.6 Å². The summed E-state index contributed by atoms with van der Waals surface area (Å²) >= 11 is 5.91. The van der Waals surface area contributed by atoms with Crippen LogP contribution in [0.3, 0.4) is 0 Å². The molecule has 0 amide bonds. The van der Waals surface area contributed by atoms with Crippen LogP contribution in [0, 0.1) is 5.82 Å². The predicted molar refractivity (Wildman–Crippen MR) is 72.0 cm³/mol. The number of hydrogen-bond acceptors (Lipinski definition) is 4. The number of aliphatic hydroxyl groups is 1. The highest BCUT2D eigenvalue weighted by molar-refractivity contribution is 6.28. The maximum atomic E-state index is 13.3. The van der Waals surface area contributed by atoms with Crippen LogP contribution in [0.5, 0.6) is 0 Å². The van der Waals surface area contributed by atoms with Gasteiger partial charge in [-0.3, -0.25) is 0 Å². The van der Waals surface area contributed by atoms with Crippen molar-refractivity contribution in [3.8, 4) is 0 Å². The Morgan fingerprint density at radius 2 is 2.26 bits per heavy atom. The molecule has 1 aromatic carbocycles. The van der Waals surface area contributed by atoms with Crippen molar-refractivity contribution in [2.45, 2.75) is 18.9 Å². The van der Waals surface area contributed by atoms with Gasteiger partial charge in [0.25, 0.3) is 0 Å². The molecule has 0 radical (unpaired) electrons. The average Bonchev–Trinajstić information content (AvgIpc) is 2.85. The molecule has 2 aromatic rings. The van der Waals surface area contributed by atoms with E-state index in [0.29, 0.717) is 11.3 Å². The Morgan fingerprint density at radius 3 is 3.05 bits per heavy atom. The number of halogens is 2. The lowest BCUT2D eigenvalue weighted by Crippen LogP contribution is -2.33. The minimum Gasteiger partial charge on any atom is -0.394 e. The maximum Gasteiger partial charge on any atom is 0.224 e. The van der Waals surface area contributed by atoms with Gasteiger partial charge < -0.3 is 10.0 Å². The smallest absolute Gasteiger partial charge is 0.224 e. The van der Waals surface area contributed by atoms with Crippen molar-refractivity contribution in [3.05, 3.63) is 29.3 Å². The highest BCUT2D eigenvalue weighted by Gasteiger charge is 2.26. The van der Waals surface area contributed by atoms with Crippen LogP contribution in [0.15, 0.2) is 18.2 Å². The molecular formula is C13H13ClFN3O. The molecule has 1 atom stereocenters. The van der Waals surface area contributed by atoms with E-state index in [9.17, 15) is 9.50 Å². The number of hydrogen-bond donors (Lipinski definition) is 1. The average molecular weight is 282 g/mol. The van der Waals surface area contributed by atoms with Gasteiger partial charge in [-0.1, -0.05) is 0 Å². The Labute approximate surface area is 114 Å². The second-order valence-electron chi connectivity index (χ2n) is 4.65. The lowest BCUT2D eigenvalue weighted by atomic mass is 10.2. The van der Waals surface area contributed by atoms with E-state index in [4.69, 9.17) is 11.6 Å². The summed E-state index contributed by atoms with van der Waals surface area (Å²) in [5, 5.41) is 10.3. The van der Waals surface area contributed by atoms with E-state index in [0.717, 1.165) is 24.8 Å². The normalized spacial score (nSPS) is 19.3. The quantitative estimate of drug-likeness (QED) is 0.859. The molecule has 0 bridgehead atoms. The Bertz CT molecular complexity index is 617. The third kappa shape index (κ3) is 2.24. The molecule has 1 aromatic heterocycles. The first kappa shape index (κ1) is 12.6. The van der Waals surface area contributed by atoms with Crippen molar-refractivity contribution in [1.29, 1.82) is 0 Å². The molecule has 0 aliphatic carbocycles. The summed E-state index contributed by atoms with van der Waals surface area (Å²) in [6.07, 6.45) is 1.91. The summed E-state index contributed by atoms with van der Waals surface area (Å²) in [6, 6.07) is 4.42. The van der Waals surface area contributed by atoms with Crippen LogP contribution in [-0.2, 0) is 0 Å². The summed E-state index contributed by atoms with van der Waals surface area (Å²) < 4.78 is 13.3. The first-order valence-corrected chi connectivity index (χ1v) is 6.57. The number of fused-ring (bicyclic) bond motifs is 1. The van der Waals surface area contributed by atoms with Gasteiger partial charge in [-0.15, -0.1) is 0 Å². The fraction of sp³-hybridized carbons (Fsp3) is 0.385. The highest BCUT2D eigenvalue weighted by Crippen LogP contribution is 2.31. The van der Waals surface area contributed by atoms with E-state index in [1.165, 1.54) is 12.1 Å². The van der Waals surface area contributed by atoms with Crippen LogP contribution in [0.25, 0.3) is 10.9 Å². The zero-order valence-electron chi connectivity index (χ0n) is 10.2. The van der Waals surface area contributed by atoms with Gasteiger partial charge in [-0.05, 0) is 36.6 Å². The Morgan fingerprint density at radius 1 is 1.42 bits per heavy atom. The Kier molecular flexibility index (Phi) is 3.24. The van der Waals surface area contributed by atoms with Crippen molar-refractivity contribution < 1.29 is 9.50 Å². The molecule has 1 aliphatic heterocycles. The van der Waals surface area contributed by atoms with Crippen molar-refractivity contribution in [1.82, 2.24) is 9.97 Å². The molecule has 2 heterocycles. The SMILES string of the molecule is OCC1CCCN1c1nc(Cl)nc2cc(F)ccc12. The molecular weight excluding hydrogens is 269 g/mol. The highest BCUT2D eigenvalue weighted by atomic mass is 35.5. The second kappa shape index (κ2) is 4.90. The molecule has 100 valence electrons. The zero-order chi connectivity index (χ0) is 13.4. The van der Waals surface area contributed by atoms with Gasteiger partial charge in [-0.2, -0.15) is 4.98 Å². The molecule has 1 saturated heterocycles. The minimum absolute atomic E-state index is 0.0409. The van der Waals surface area contributed by atoms with E-state index in [1.807, 2.05) is 4.90 Å². The van der Waals surface area contributed by atoms with Crippen LogP contribution < -0.4 is 4.90 Å². The molecule has 1 N–H and O–H groups in total. The van der Waals surface area contributed by atoms with Crippen molar-refractivity contribution in [2.24, 2.45) is 0 Å². The lowest BCUT2D eigenvalue weighted by Gasteiger charge is -2.25. The summed E-state index contributed by atoms with van der Waals surface area (Å²) in [7, 11) is 0. The van der Waals surface area contributed by atoms with Crippen LogP contribution >= 0.6 is 11.6 Å². The van der Waals surface area contributed by atoms with E-state index in [2.05, 4.69) is 9.97 Å². The van der Waals surface area contributed by atoms with Crippen molar-refractivity contribution >= 4 is 28.3 Å². The van der Waals surface area contributed by atoms with Gasteiger partial charge >= 0.3 is 0 Å². The standard InChI is InChI=1S/C13H13ClFN3O/c14-13-16-11-6-8(15)3-4-10(11)12(17-13)18-5-1-2-9(18)7-19/h3-4,6,9,19H,1-2,5,7H2. The summed E-state index contributed by atoms with van der Waals surface area (Å²) in [5.74, 6) is 0.319. The molecule has 0 saturated carbocycles. The van der Waals surface area contributed by atoms with Gasteiger partial charge in [0.05, 0.1) is 18.2 Å². The molecule has 1 unspecified atom stereocenters. The number of rotatable bonds is 2. The van der Waals surface area contributed by atoms with E-state index < -0.39 is 0 Å². The molecule has 3 rings (SSSR count). The van der Waals surface area contributed by atoms with Gasteiger partial charge in [0, 0.05) is 18.0 Å². The molecule has 0 spiro atoms. The van der Waals surface area contributed by atoms with E-state index >= 15 is 0 Å². The second-order valence-corrected chi connectivity index (χ2v) is 4.99. The fourth-order valence-electron chi connectivity index (χ4n) is 2.58. The number of nitrogens with zero attached hydrogens (tertiary/aromatic N) is 3. The molecule has 6 heteroatoms. The predicted octanol–water partition coefficient (Wildman–Crippen LogP) is 2.38. The van der Waals surface area contributed by atoms with E-state index in [1.54, 1.807) is 6.07 Å². The molecule has 4 nitrogen and oxygen atoms in total. The lowest BCUT2D eigenvalue weighted by molar-refractivity contribution is 0.266. The molecule has 1 fully saturated rings. The maximum absolute atomic E-state index is 13.3. The van der Waals surface area contributed by atoms with Crippen LogP contribution in [0.4, 0.5) is 10.2 Å². The van der Waals surface area contributed by atoms with Gasteiger partial charge in [-0.25, -0.2) is 9.37 Å². The monoisotopic (exact) mass is 281 g/mol. The third-order valence-corrected chi connectivity index (χ3v) is 3.64. The first-order chi connectivity index (χ1) is 9.19. The van der Waals surface area contributed by atoms with Crippen LogP contribution in [0.2, 0.25) is 5.28 Å². The fourth-order valence-corrected chi connectivity index (χ4v) is 2.75. The Balaban J connectivity index is 2.17. The largest absolute Gasteiger partial charge is 0.394 e. The van der Waals surface area contributed by atoms with Crippen LogP contribution in [-0.4, -0.2) is 34.3 Å².